The Morgan fingerprint density at radius 3 is 2.88 bits per heavy atom. The number of nitrogens with zero attached hydrogens (tertiary/aromatic N) is 1. The second-order valence-electron chi connectivity index (χ2n) is 6.58. The summed E-state index contributed by atoms with van der Waals surface area (Å²) in [6, 6.07) is 15.8. The summed E-state index contributed by atoms with van der Waals surface area (Å²) in [4.78, 5) is 14.5. The van der Waals surface area contributed by atoms with Crippen molar-refractivity contribution in [2.24, 2.45) is 5.92 Å². The molecule has 2 aromatic rings. The molecule has 1 aliphatic heterocycles. The third kappa shape index (κ3) is 4.07. The van der Waals surface area contributed by atoms with E-state index in [0.717, 1.165) is 24.4 Å². The largest absolute Gasteiger partial charge is 0.493 e. The number of rotatable bonds is 6. The molecule has 0 radical (unpaired) electrons. The molecule has 24 heavy (non-hydrogen) atoms. The Balaban J connectivity index is 1.58. The van der Waals surface area contributed by atoms with Gasteiger partial charge in [0.2, 0.25) is 5.91 Å². The zero-order chi connectivity index (χ0) is 16.9. The molecule has 4 heteroatoms. The van der Waals surface area contributed by atoms with E-state index in [2.05, 4.69) is 36.2 Å². The molecule has 0 aliphatic carbocycles. The van der Waals surface area contributed by atoms with Crippen molar-refractivity contribution in [3.8, 4) is 5.75 Å². The van der Waals surface area contributed by atoms with Crippen molar-refractivity contribution >= 4 is 17.3 Å². The van der Waals surface area contributed by atoms with Gasteiger partial charge in [0.1, 0.15) is 5.75 Å². The molecule has 0 unspecified atom stereocenters. The van der Waals surface area contributed by atoms with Gasteiger partial charge in [-0.2, -0.15) is 0 Å². The number of carbonyl (C=O) groups is 1. The Morgan fingerprint density at radius 2 is 2.04 bits per heavy atom. The number of nitrogens with one attached hydrogen (secondary N) is 1. The normalized spacial score (nSPS) is 13.0. The van der Waals surface area contributed by atoms with Gasteiger partial charge in [0.25, 0.3) is 0 Å². The van der Waals surface area contributed by atoms with E-state index in [1.54, 1.807) is 0 Å². The monoisotopic (exact) mass is 324 g/mol. The quantitative estimate of drug-likeness (QED) is 0.880. The lowest BCUT2D eigenvalue weighted by Gasteiger charge is -2.19. The van der Waals surface area contributed by atoms with Gasteiger partial charge in [-0.25, -0.2) is 0 Å². The van der Waals surface area contributed by atoms with Crippen molar-refractivity contribution in [1.82, 2.24) is 0 Å². The van der Waals surface area contributed by atoms with Crippen molar-refractivity contribution in [1.29, 1.82) is 0 Å². The minimum Gasteiger partial charge on any atom is -0.493 e. The van der Waals surface area contributed by atoms with Gasteiger partial charge in [-0.1, -0.05) is 38.1 Å². The van der Waals surface area contributed by atoms with E-state index in [9.17, 15) is 4.79 Å². The van der Waals surface area contributed by atoms with Crippen LogP contribution in [-0.4, -0.2) is 25.6 Å². The summed E-state index contributed by atoms with van der Waals surface area (Å²) < 4.78 is 5.71. The first-order valence-corrected chi connectivity index (χ1v) is 8.47. The highest BCUT2D eigenvalue weighted by Gasteiger charge is 2.20. The minimum absolute atomic E-state index is 0.00675. The first-order valence-electron chi connectivity index (χ1n) is 8.47. The Kier molecular flexibility index (Phi) is 5.04. The average molecular weight is 324 g/mol. The number of carbonyl (C=O) groups excluding carboxylic acids is 1. The van der Waals surface area contributed by atoms with E-state index >= 15 is 0 Å². The molecule has 2 aromatic carbocycles. The predicted molar refractivity (Wildman–Crippen MR) is 97.8 cm³/mol. The lowest BCUT2D eigenvalue weighted by atomic mass is 10.2. The van der Waals surface area contributed by atoms with E-state index < -0.39 is 0 Å². The van der Waals surface area contributed by atoms with Crippen molar-refractivity contribution in [3.63, 3.8) is 0 Å². The van der Waals surface area contributed by atoms with Crippen LogP contribution >= 0.6 is 0 Å². The SMILES string of the molecule is CC(C)COc1cccc(NC(=O)CN2CCc3ccccc32)c1. The van der Waals surface area contributed by atoms with Crippen LogP contribution in [0.15, 0.2) is 48.5 Å². The first kappa shape index (κ1) is 16.4. The van der Waals surface area contributed by atoms with Gasteiger partial charge in [-0.15, -0.1) is 0 Å². The molecule has 0 spiro atoms. The molecule has 0 aromatic heterocycles. The van der Waals surface area contributed by atoms with Crippen LogP contribution in [0, 0.1) is 5.92 Å². The van der Waals surface area contributed by atoms with Gasteiger partial charge >= 0.3 is 0 Å². The van der Waals surface area contributed by atoms with Gasteiger partial charge in [-0.3, -0.25) is 4.79 Å². The van der Waals surface area contributed by atoms with Gasteiger partial charge < -0.3 is 15.0 Å². The summed E-state index contributed by atoms with van der Waals surface area (Å²) in [6.07, 6.45) is 1.00. The summed E-state index contributed by atoms with van der Waals surface area (Å²) >= 11 is 0. The van der Waals surface area contributed by atoms with E-state index in [4.69, 9.17) is 4.74 Å². The number of para-hydroxylation sites is 1. The summed E-state index contributed by atoms with van der Waals surface area (Å²) in [6.45, 7) is 6.15. The zero-order valence-corrected chi connectivity index (χ0v) is 14.3. The van der Waals surface area contributed by atoms with Crippen LogP contribution in [0.3, 0.4) is 0 Å². The Bertz CT molecular complexity index is 712. The van der Waals surface area contributed by atoms with E-state index in [0.29, 0.717) is 19.1 Å². The molecule has 1 aliphatic rings. The van der Waals surface area contributed by atoms with Crippen LogP contribution in [0.25, 0.3) is 0 Å². The molecular weight excluding hydrogens is 300 g/mol. The molecule has 1 heterocycles. The summed E-state index contributed by atoms with van der Waals surface area (Å²) in [5.74, 6) is 1.25. The number of benzene rings is 2. The Hall–Kier alpha value is -2.49. The number of hydrogen-bond donors (Lipinski definition) is 1. The van der Waals surface area contributed by atoms with Crippen LogP contribution in [-0.2, 0) is 11.2 Å². The lowest BCUT2D eigenvalue weighted by Crippen LogP contribution is -2.31. The fourth-order valence-electron chi connectivity index (χ4n) is 2.87. The van der Waals surface area contributed by atoms with Crippen LogP contribution in [0.2, 0.25) is 0 Å². The standard InChI is InChI=1S/C20H24N2O2/c1-15(2)14-24-18-8-5-7-17(12-18)21-20(23)13-22-11-10-16-6-3-4-9-19(16)22/h3-9,12,15H,10-11,13-14H2,1-2H3,(H,21,23). The number of amides is 1. The highest BCUT2D eigenvalue weighted by molar-refractivity contribution is 5.94. The van der Waals surface area contributed by atoms with Crippen LogP contribution in [0.1, 0.15) is 19.4 Å². The van der Waals surface area contributed by atoms with Crippen molar-refractivity contribution in [2.75, 3.05) is 29.9 Å². The molecule has 0 bridgehead atoms. The maximum absolute atomic E-state index is 12.4. The number of ether oxygens (including phenoxy) is 1. The highest BCUT2D eigenvalue weighted by atomic mass is 16.5. The average Bonchev–Trinajstić information content (AvgIpc) is 2.96. The number of fused-ring (bicyclic) bond motifs is 1. The third-order valence-electron chi connectivity index (χ3n) is 4.02. The predicted octanol–water partition coefficient (Wildman–Crippen LogP) is 3.72. The van der Waals surface area contributed by atoms with E-state index in [1.165, 1.54) is 11.3 Å². The fourth-order valence-corrected chi connectivity index (χ4v) is 2.87. The van der Waals surface area contributed by atoms with Crippen LogP contribution in [0.4, 0.5) is 11.4 Å². The van der Waals surface area contributed by atoms with Crippen molar-refractivity contribution in [2.45, 2.75) is 20.3 Å². The first-order chi connectivity index (χ1) is 11.6. The van der Waals surface area contributed by atoms with Crippen LogP contribution < -0.4 is 15.0 Å². The van der Waals surface area contributed by atoms with Gasteiger partial charge in [-0.05, 0) is 36.1 Å². The molecule has 0 saturated carbocycles. The summed E-state index contributed by atoms with van der Waals surface area (Å²) in [5.41, 5.74) is 3.25. The van der Waals surface area contributed by atoms with Gasteiger partial charge in [0.15, 0.2) is 0 Å². The van der Waals surface area contributed by atoms with Crippen molar-refractivity contribution in [3.05, 3.63) is 54.1 Å². The second kappa shape index (κ2) is 7.39. The molecule has 0 saturated heterocycles. The lowest BCUT2D eigenvalue weighted by molar-refractivity contribution is -0.115. The molecule has 0 fully saturated rings. The van der Waals surface area contributed by atoms with E-state index in [-0.39, 0.29) is 5.91 Å². The molecule has 126 valence electrons. The maximum Gasteiger partial charge on any atom is 0.243 e. The molecule has 1 amide bonds. The van der Waals surface area contributed by atoms with Gasteiger partial charge in [0, 0.05) is 24.0 Å². The molecule has 0 atom stereocenters. The molecule has 3 rings (SSSR count). The molecular formula is C20H24N2O2. The number of anilines is 2. The molecule has 4 nitrogen and oxygen atoms in total. The summed E-state index contributed by atoms with van der Waals surface area (Å²) in [5, 5.41) is 2.97. The fraction of sp³-hybridized carbons (Fsp3) is 0.350. The van der Waals surface area contributed by atoms with Gasteiger partial charge in [0.05, 0.1) is 13.2 Å². The van der Waals surface area contributed by atoms with E-state index in [1.807, 2.05) is 36.4 Å². The highest BCUT2D eigenvalue weighted by Crippen LogP contribution is 2.27. The third-order valence-corrected chi connectivity index (χ3v) is 4.02. The summed E-state index contributed by atoms with van der Waals surface area (Å²) in [7, 11) is 0. The Morgan fingerprint density at radius 1 is 1.21 bits per heavy atom. The minimum atomic E-state index is -0.00675. The Labute approximate surface area is 143 Å². The smallest absolute Gasteiger partial charge is 0.243 e. The second-order valence-corrected chi connectivity index (χ2v) is 6.58. The van der Waals surface area contributed by atoms with Crippen LogP contribution in [0.5, 0.6) is 5.75 Å². The topological polar surface area (TPSA) is 41.6 Å². The zero-order valence-electron chi connectivity index (χ0n) is 14.3. The number of hydrogen-bond acceptors (Lipinski definition) is 3. The maximum atomic E-state index is 12.4. The molecule has 1 N–H and O–H groups in total. The van der Waals surface area contributed by atoms with Crippen molar-refractivity contribution < 1.29 is 9.53 Å².